The number of hydrogen-bond donors (Lipinski definition) is 2. The normalized spacial score (nSPS) is 22.7. The minimum absolute atomic E-state index is 0.214. The SMILES string of the molecule is Cc1nsc(NC2CCCCC2(C)C)c1C(=O)O. The number of aromatic nitrogens is 1. The quantitative estimate of drug-likeness (QED) is 0.880. The number of carboxylic acid groups (broad SMARTS) is 1. The van der Waals surface area contributed by atoms with E-state index < -0.39 is 5.97 Å². The summed E-state index contributed by atoms with van der Waals surface area (Å²) >= 11 is 1.26. The maximum absolute atomic E-state index is 11.2. The Hall–Kier alpha value is -1.10. The van der Waals surface area contributed by atoms with Gasteiger partial charge >= 0.3 is 5.97 Å². The Morgan fingerprint density at radius 3 is 2.83 bits per heavy atom. The molecule has 1 aromatic heterocycles. The van der Waals surface area contributed by atoms with Crippen LogP contribution in [0.4, 0.5) is 5.00 Å². The molecule has 5 heteroatoms. The summed E-state index contributed by atoms with van der Waals surface area (Å²) < 4.78 is 4.15. The summed E-state index contributed by atoms with van der Waals surface area (Å²) in [6.45, 7) is 6.24. The molecule has 1 fully saturated rings. The third-order valence-electron chi connectivity index (χ3n) is 3.89. The van der Waals surface area contributed by atoms with Crippen LogP contribution in [0.2, 0.25) is 0 Å². The second kappa shape index (κ2) is 4.88. The van der Waals surface area contributed by atoms with Gasteiger partial charge in [0, 0.05) is 6.04 Å². The molecule has 1 saturated carbocycles. The van der Waals surface area contributed by atoms with Gasteiger partial charge in [-0.2, -0.15) is 4.37 Å². The summed E-state index contributed by atoms with van der Waals surface area (Å²) in [6.07, 6.45) is 4.76. The van der Waals surface area contributed by atoms with Gasteiger partial charge in [-0.05, 0) is 36.7 Å². The molecule has 0 spiro atoms. The first kappa shape index (κ1) is 13.3. The highest BCUT2D eigenvalue weighted by molar-refractivity contribution is 7.10. The third kappa shape index (κ3) is 2.51. The van der Waals surface area contributed by atoms with E-state index in [0.717, 1.165) is 6.42 Å². The van der Waals surface area contributed by atoms with Crippen molar-refractivity contribution in [3.63, 3.8) is 0 Å². The molecule has 2 N–H and O–H groups in total. The molecule has 4 nitrogen and oxygen atoms in total. The zero-order chi connectivity index (χ0) is 13.3. The molecular formula is C13H20N2O2S. The van der Waals surface area contributed by atoms with Crippen LogP contribution in [-0.2, 0) is 0 Å². The average Bonchev–Trinajstić information content (AvgIpc) is 2.63. The lowest BCUT2D eigenvalue weighted by molar-refractivity contribution is 0.0697. The van der Waals surface area contributed by atoms with Crippen molar-refractivity contribution >= 4 is 22.5 Å². The second-order valence-corrected chi connectivity index (χ2v) is 6.48. The molecule has 1 unspecified atom stereocenters. The topological polar surface area (TPSA) is 62.2 Å². The van der Waals surface area contributed by atoms with E-state index in [9.17, 15) is 9.90 Å². The summed E-state index contributed by atoms with van der Waals surface area (Å²) in [4.78, 5) is 11.2. The lowest BCUT2D eigenvalue weighted by Gasteiger charge is -2.39. The van der Waals surface area contributed by atoms with Gasteiger partial charge in [0.2, 0.25) is 0 Å². The van der Waals surface area contributed by atoms with Gasteiger partial charge in [-0.15, -0.1) is 0 Å². The summed E-state index contributed by atoms with van der Waals surface area (Å²) in [7, 11) is 0. The van der Waals surface area contributed by atoms with Gasteiger partial charge in [0.05, 0.1) is 5.69 Å². The van der Waals surface area contributed by atoms with E-state index in [0.29, 0.717) is 22.3 Å². The first-order valence-corrected chi connectivity index (χ1v) is 7.15. The molecule has 0 bridgehead atoms. The summed E-state index contributed by atoms with van der Waals surface area (Å²) in [5.74, 6) is -0.891. The monoisotopic (exact) mass is 268 g/mol. The minimum atomic E-state index is -0.891. The minimum Gasteiger partial charge on any atom is -0.478 e. The van der Waals surface area contributed by atoms with Crippen LogP contribution in [0.1, 0.15) is 55.6 Å². The molecule has 18 heavy (non-hydrogen) atoms. The number of aryl methyl sites for hydroxylation is 1. The second-order valence-electron chi connectivity index (χ2n) is 5.71. The zero-order valence-electron chi connectivity index (χ0n) is 11.1. The maximum atomic E-state index is 11.2. The summed E-state index contributed by atoms with van der Waals surface area (Å²) in [5.41, 5.74) is 1.15. The molecule has 1 aliphatic rings. The molecule has 1 atom stereocenters. The molecule has 2 rings (SSSR count). The Labute approximate surface area is 112 Å². The third-order valence-corrected chi connectivity index (χ3v) is 4.76. The molecule has 0 aromatic carbocycles. The highest BCUT2D eigenvalue weighted by Gasteiger charge is 2.33. The molecular weight excluding hydrogens is 248 g/mol. The fourth-order valence-corrected chi connectivity index (χ4v) is 3.48. The molecule has 0 saturated heterocycles. The Morgan fingerprint density at radius 1 is 1.50 bits per heavy atom. The lowest BCUT2D eigenvalue weighted by atomic mass is 9.73. The van der Waals surface area contributed by atoms with Crippen LogP contribution < -0.4 is 5.32 Å². The predicted molar refractivity (Wildman–Crippen MR) is 73.5 cm³/mol. The van der Waals surface area contributed by atoms with Crippen LogP contribution in [0.3, 0.4) is 0 Å². The van der Waals surface area contributed by atoms with Crippen LogP contribution >= 0.6 is 11.5 Å². The van der Waals surface area contributed by atoms with Gasteiger partial charge in [0.15, 0.2) is 0 Å². The van der Waals surface area contributed by atoms with E-state index in [-0.39, 0.29) is 5.41 Å². The highest BCUT2D eigenvalue weighted by Crippen LogP contribution is 2.38. The molecule has 1 aliphatic carbocycles. The standard InChI is InChI=1S/C13H20N2O2S/c1-8-10(12(16)17)11(18-15-8)14-9-6-4-5-7-13(9,2)3/h9,14H,4-7H2,1-3H3,(H,16,17). The number of rotatable bonds is 3. The van der Waals surface area contributed by atoms with Crippen LogP contribution in [0, 0.1) is 12.3 Å². The van der Waals surface area contributed by atoms with Gasteiger partial charge in [-0.3, -0.25) is 0 Å². The van der Waals surface area contributed by atoms with Crippen LogP contribution in [-0.4, -0.2) is 21.5 Å². The average molecular weight is 268 g/mol. The highest BCUT2D eigenvalue weighted by atomic mass is 32.1. The predicted octanol–water partition coefficient (Wildman–Crippen LogP) is 3.53. The van der Waals surface area contributed by atoms with Gasteiger partial charge in [-0.1, -0.05) is 26.7 Å². The molecule has 0 radical (unpaired) electrons. The van der Waals surface area contributed by atoms with E-state index in [4.69, 9.17) is 0 Å². The Kier molecular flexibility index (Phi) is 3.61. The van der Waals surface area contributed by atoms with Gasteiger partial charge in [0.25, 0.3) is 0 Å². The number of carbonyl (C=O) groups is 1. The Bertz CT molecular complexity index is 454. The first-order valence-electron chi connectivity index (χ1n) is 6.38. The Morgan fingerprint density at radius 2 is 2.22 bits per heavy atom. The van der Waals surface area contributed by atoms with Crippen LogP contribution in [0.25, 0.3) is 0 Å². The molecule has 0 aliphatic heterocycles. The van der Waals surface area contributed by atoms with Crippen molar-refractivity contribution in [2.75, 3.05) is 5.32 Å². The smallest absolute Gasteiger partial charge is 0.340 e. The van der Waals surface area contributed by atoms with E-state index in [1.54, 1.807) is 6.92 Å². The fraction of sp³-hybridized carbons (Fsp3) is 0.692. The van der Waals surface area contributed by atoms with E-state index in [1.165, 1.54) is 30.8 Å². The number of nitrogens with zero attached hydrogens (tertiary/aromatic N) is 1. The number of nitrogens with one attached hydrogen (secondary N) is 1. The number of carboxylic acids is 1. The van der Waals surface area contributed by atoms with Crippen LogP contribution in [0.15, 0.2) is 0 Å². The number of aromatic carboxylic acids is 1. The van der Waals surface area contributed by atoms with Crippen molar-refractivity contribution in [2.24, 2.45) is 5.41 Å². The van der Waals surface area contributed by atoms with Crippen molar-refractivity contribution < 1.29 is 9.90 Å². The molecule has 1 heterocycles. The van der Waals surface area contributed by atoms with E-state index in [1.807, 2.05) is 0 Å². The number of hydrogen-bond acceptors (Lipinski definition) is 4. The summed E-state index contributed by atoms with van der Waals surface area (Å²) in [5, 5.41) is 13.3. The fourth-order valence-electron chi connectivity index (χ4n) is 2.64. The lowest BCUT2D eigenvalue weighted by Crippen LogP contribution is -2.39. The van der Waals surface area contributed by atoms with Crippen LogP contribution in [0.5, 0.6) is 0 Å². The Balaban J connectivity index is 2.21. The van der Waals surface area contributed by atoms with E-state index >= 15 is 0 Å². The summed E-state index contributed by atoms with van der Waals surface area (Å²) in [6, 6.07) is 0.337. The molecule has 100 valence electrons. The number of anilines is 1. The molecule has 1 aromatic rings. The van der Waals surface area contributed by atoms with Crippen molar-refractivity contribution in [2.45, 2.75) is 52.5 Å². The van der Waals surface area contributed by atoms with Gasteiger partial charge < -0.3 is 10.4 Å². The van der Waals surface area contributed by atoms with E-state index in [2.05, 4.69) is 23.5 Å². The largest absolute Gasteiger partial charge is 0.478 e. The van der Waals surface area contributed by atoms with Gasteiger partial charge in [-0.25, -0.2) is 4.79 Å². The first-order chi connectivity index (χ1) is 8.42. The van der Waals surface area contributed by atoms with Crippen molar-refractivity contribution in [1.82, 2.24) is 4.37 Å². The van der Waals surface area contributed by atoms with Crippen molar-refractivity contribution in [3.8, 4) is 0 Å². The van der Waals surface area contributed by atoms with Gasteiger partial charge in [0.1, 0.15) is 10.6 Å². The van der Waals surface area contributed by atoms with Crippen molar-refractivity contribution in [1.29, 1.82) is 0 Å². The maximum Gasteiger partial charge on any atom is 0.340 e. The van der Waals surface area contributed by atoms with Crippen molar-refractivity contribution in [3.05, 3.63) is 11.3 Å². The zero-order valence-corrected chi connectivity index (χ0v) is 11.9. The molecule has 0 amide bonds.